The van der Waals surface area contributed by atoms with Crippen LogP contribution < -0.4 is 26.2 Å². The molecule has 4 aromatic rings. The first-order valence-corrected chi connectivity index (χ1v) is 13.2. The zero-order chi connectivity index (χ0) is 25.3. The van der Waals surface area contributed by atoms with E-state index in [0.717, 1.165) is 37.3 Å². The van der Waals surface area contributed by atoms with Crippen molar-refractivity contribution in [2.45, 2.75) is 31.5 Å². The third-order valence-electron chi connectivity index (χ3n) is 7.56. The molecular formula is C25H26FN7O3S. The highest BCUT2D eigenvalue weighted by molar-refractivity contribution is 7.22. The van der Waals surface area contributed by atoms with E-state index >= 15 is 0 Å². The predicted molar refractivity (Wildman–Crippen MR) is 140 cm³/mol. The molecule has 3 aliphatic heterocycles. The molecule has 37 heavy (non-hydrogen) atoms. The second-order valence-electron chi connectivity index (χ2n) is 10.0. The van der Waals surface area contributed by atoms with Crippen molar-refractivity contribution < 1.29 is 13.9 Å². The lowest BCUT2D eigenvalue weighted by molar-refractivity contribution is -0.0395. The van der Waals surface area contributed by atoms with Crippen molar-refractivity contribution in [2.75, 3.05) is 44.0 Å². The average molecular weight is 524 g/mol. The Balaban J connectivity index is 1.49. The molecule has 0 spiro atoms. The number of aromatic nitrogens is 4. The minimum atomic E-state index is -0.394. The highest BCUT2D eigenvalue weighted by Crippen LogP contribution is 2.37. The van der Waals surface area contributed by atoms with E-state index < -0.39 is 5.82 Å². The number of anilines is 2. The van der Waals surface area contributed by atoms with E-state index in [1.807, 2.05) is 6.07 Å². The normalized spacial score (nSPS) is 21.6. The SMILES string of the molecule is COc1nc(N2CC3CCC(C2)N3)c2c(=O)n(CC3COC3)c(-c3ccc(F)c4sc(N)nc34)cc2n1. The Morgan fingerprint density at radius 2 is 2.00 bits per heavy atom. The molecule has 2 atom stereocenters. The van der Waals surface area contributed by atoms with E-state index in [1.165, 1.54) is 13.2 Å². The molecular weight excluding hydrogens is 497 g/mol. The van der Waals surface area contributed by atoms with Crippen LogP contribution in [0, 0.1) is 11.7 Å². The number of pyridine rings is 1. The van der Waals surface area contributed by atoms with Crippen LogP contribution in [0.2, 0.25) is 0 Å². The number of fused-ring (bicyclic) bond motifs is 4. The lowest BCUT2D eigenvalue weighted by Gasteiger charge is -2.34. The lowest BCUT2D eigenvalue weighted by atomic mass is 10.0. The summed E-state index contributed by atoms with van der Waals surface area (Å²) in [5, 5.41) is 4.35. The Bertz CT molecular complexity index is 1590. The minimum Gasteiger partial charge on any atom is -0.467 e. The second-order valence-corrected chi connectivity index (χ2v) is 11.0. The Hall–Kier alpha value is -3.35. The van der Waals surface area contributed by atoms with Gasteiger partial charge in [-0.25, -0.2) is 9.37 Å². The van der Waals surface area contributed by atoms with Crippen LogP contribution in [0.5, 0.6) is 6.01 Å². The summed E-state index contributed by atoms with van der Waals surface area (Å²) in [7, 11) is 1.52. The average Bonchev–Trinajstić information content (AvgIpc) is 3.43. The molecule has 192 valence electrons. The largest absolute Gasteiger partial charge is 0.467 e. The monoisotopic (exact) mass is 523 g/mol. The van der Waals surface area contributed by atoms with Crippen molar-refractivity contribution in [1.82, 2.24) is 24.8 Å². The third kappa shape index (κ3) is 3.73. The molecule has 2 bridgehead atoms. The van der Waals surface area contributed by atoms with Crippen molar-refractivity contribution in [2.24, 2.45) is 5.92 Å². The van der Waals surface area contributed by atoms with Gasteiger partial charge in [0.15, 0.2) is 5.13 Å². The summed E-state index contributed by atoms with van der Waals surface area (Å²) in [6, 6.07) is 5.84. The summed E-state index contributed by atoms with van der Waals surface area (Å²) in [5.41, 5.74) is 7.90. The number of nitrogen functional groups attached to an aromatic ring is 1. The Labute approximate surface area is 215 Å². The molecule has 3 saturated heterocycles. The Morgan fingerprint density at radius 3 is 2.70 bits per heavy atom. The number of piperazine rings is 1. The molecule has 3 aromatic heterocycles. The Morgan fingerprint density at radius 1 is 1.22 bits per heavy atom. The van der Waals surface area contributed by atoms with E-state index in [4.69, 9.17) is 15.2 Å². The van der Waals surface area contributed by atoms with Gasteiger partial charge in [-0.05, 0) is 31.0 Å². The van der Waals surface area contributed by atoms with Crippen LogP contribution in [-0.4, -0.2) is 65.0 Å². The van der Waals surface area contributed by atoms with Gasteiger partial charge in [0.2, 0.25) is 0 Å². The quantitative estimate of drug-likeness (QED) is 0.406. The number of hydrogen-bond acceptors (Lipinski definition) is 10. The Kier molecular flexibility index (Phi) is 5.31. The number of nitrogens with two attached hydrogens (primary N) is 1. The maximum atomic E-state index is 14.6. The van der Waals surface area contributed by atoms with Crippen molar-refractivity contribution in [3.05, 3.63) is 34.4 Å². The van der Waals surface area contributed by atoms with Gasteiger partial charge in [0, 0.05) is 43.2 Å². The summed E-state index contributed by atoms with van der Waals surface area (Å²) in [5.74, 6) is 0.398. The van der Waals surface area contributed by atoms with Crippen molar-refractivity contribution in [3.8, 4) is 17.3 Å². The lowest BCUT2D eigenvalue weighted by Crippen LogP contribution is -2.51. The highest BCUT2D eigenvalue weighted by atomic mass is 32.1. The van der Waals surface area contributed by atoms with Crippen LogP contribution in [0.25, 0.3) is 32.4 Å². The van der Waals surface area contributed by atoms with E-state index in [0.29, 0.717) is 70.0 Å². The van der Waals surface area contributed by atoms with Crippen LogP contribution >= 0.6 is 11.3 Å². The molecule has 0 saturated carbocycles. The first kappa shape index (κ1) is 22.8. The maximum absolute atomic E-state index is 14.6. The van der Waals surface area contributed by atoms with Gasteiger partial charge in [-0.15, -0.1) is 0 Å². The van der Waals surface area contributed by atoms with Gasteiger partial charge in [-0.3, -0.25) is 4.79 Å². The van der Waals surface area contributed by atoms with Gasteiger partial charge in [-0.2, -0.15) is 9.97 Å². The van der Waals surface area contributed by atoms with Gasteiger partial charge in [0.25, 0.3) is 5.56 Å². The van der Waals surface area contributed by atoms with Crippen LogP contribution in [0.1, 0.15) is 12.8 Å². The number of benzene rings is 1. The third-order valence-corrected chi connectivity index (χ3v) is 8.45. The number of nitrogens with zero attached hydrogens (tertiary/aromatic N) is 5. The summed E-state index contributed by atoms with van der Waals surface area (Å²) < 4.78 is 27.6. The highest BCUT2D eigenvalue weighted by Gasteiger charge is 2.35. The van der Waals surface area contributed by atoms with Gasteiger partial charge in [0.05, 0.1) is 41.8 Å². The van der Waals surface area contributed by atoms with Gasteiger partial charge in [0.1, 0.15) is 17.0 Å². The standard InChI is InChI=1S/C25H26FN7O3S/c1-35-25-29-17-6-18(15-4-5-16(26)21-20(15)30-24(27)37-21)33(7-12-10-36-11-12)23(34)19(17)22(31-25)32-8-13-2-3-14(9-32)28-13/h4-6,12-14,28H,2-3,7-11H2,1H3,(H2,27,30). The first-order chi connectivity index (χ1) is 18.0. The molecule has 0 radical (unpaired) electrons. The zero-order valence-corrected chi connectivity index (χ0v) is 21.1. The molecule has 3 fully saturated rings. The molecule has 10 nitrogen and oxygen atoms in total. The minimum absolute atomic E-state index is 0.191. The molecule has 1 aromatic carbocycles. The van der Waals surface area contributed by atoms with Crippen LogP contribution in [0.3, 0.4) is 0 Å². The summed E-state index contributed by atoms with van der Waals surface area (Å²) in [6.07, 6.45) is 2.21. The van der Waals surface area contributed by atoms with E-state index in [-0.39, 0.29) is 22.6 Å². The number of thiazole rings is 1. The van der Waals surface area contributed by atoms with Gasteiger partial charge >= 0.3 is 6.01 Å². The molecule has 7 rings (SSSR count). The fourth-order valence-electron chi connectivity index (χ4n) is 5.75. The first-order valence-electron chi connectivity index (χ1n) is 12.4. The van der Waals surface area contributed by atoms with Crippen molar-refractivity contribution in [3.63, 3.8) is 0 Å². The van der Waals surface area contributed by atoms with E-state index in [1.54, 1.807) is 10.6 Å². The molecule has 0 amide bonds. The molecule has 3 N–H and O–H groups in total. The predicted octanol–water partition coefficient (Wildman–Crippen LogP) is 2.39. The number of nitrogens with one attached hydrogen (secondary N) is 1. The van der Waals surface area contributed by atoms with Crippen LogP contribution in [0.4, 0.5) is 15.3 Å². The van der Waals surface area contributed by atoms with Crippen LogP contribution in [0.15, 0.2) is 23.0 Å². The summed E-state index contributed by atoms with van der Waals surface area (Å²) in [4.78, 5) is 30.1. The van der Waals surface area contributed by atoms with Crippen LogP contribution in [-0.2, 0) is 11.3 Å². The topological polar surface area (TPSA) is 120 Å². The molecule has 3 aliphatic rings. The number of ether oxygens (including phenoxy) is 2. The van der Waals surface area contributed by atoms with Gasteiger partial charge < -0.3 is 30.0 Å². The van der Waals surface area contributed by atoms with Gasteiger partial charge in [-0.1, -0.05) is 11.3 Å². The number of rotatable bonds is 5. The van der Waals surface area contributed by atoms with Crippen molar-refractivity contribution in [1.29, 1.82) is 0 Å². The smallest absolute Gasteiger partial charge is 0.318 e. The maximum Gasteiger partial charge on any atom is 0.318 e. The number of methoxy groups -OCH3 is 1. The molecule has 0 aliphatic carbocycles. The summed E-state index contributed by atoms with van der Waals surface area (Å²) in [6.45, 7) is 3.15. The fourth-order valence-corrected chi connectivity index (χ4v) is 6.51. The second kappa shape index (κ2) is 8.61. The summed E-state index contributed by atoms with van der Waals surface area (Å²) >= 11 is 1.09. The molecule has 2 unspecified atom stereocenters. The van der Waals surface area contributed by atoms with Crippen molar-refractivity contribution >= 4 is 43.4 Å². The molecule has 6 heterocycles. The zero-order valence-electron chi connectivity index (χ0n) is 20.2. The number of hydrogen-bond donors (Lipinski definition) is 2. The number of halogens is 1. The molecule has 12 heteroatoms. The fraction of sp³-hybridized carbons (Fsp3) is 0.440. The van der Waals surface area contributed by atoms with E-state index in [9.17, 15) is 9.18 Å². The van der Waals surface area contributed by atoms with E-state index in [2.05, 4.69) is 25.2 Å².